The third kappa shape index (κ3) is 2.70. The smallest absolute Gasteiger partial charge is 0.144 e. The van der Waals surface area contributed by atoms with E-state index >= 15 is 0 Å². The maximum absolute atomic E-state index is 13.2. The quantitative estimate of drug-likeness (QED) is 0.625. The Morgan fingerprint density at radius 2 is 1.24 bits per heavy atom. The molecular formula is C14H14BrOP. The van der Waals surface area contributed by atoms with Crippen molar-refractivity contribution in [3.63, 3.8) is 0 Å². The van der Waals surface area contributed by atoms with E-state index in [1.165, 1.54) is 0 Å². The van der Waals surface area contributed by atoms with Crippen molar-refractivity contribution in [1.82, 2.24) is 0 Å². The first-order valence-corrected chi connectivity index (χ1v) is 8.55. The highest BCUT2D eigenvalue weighted by atomic mass is 79.9. The molecule has 0 bridgehead atoms. The number of alkyl halides is 1. The van der Waals surface area contributed by atoms with Crippen LogP contribution in [0, 0.1) is 0 Å². The molecule has 2 aromatic carbocycles. The first kappa shape index (κ1) is 12.6. The number of halogens is 1. The van der Waals surface area contributed by atoms with E-state index in [9.17, 15) is 4.57 Å². The minimum absolute atomic E-state index is 0.654. The average molecular weight is 309 g/mol. The van der Waals surface area contributed by atoms with Gasteiger partial charge < -0.3 is 4.57 Å². The Bertz CT molecular complexity index is 467. The van der Waals surface area contributed by atoms with Crippen molar-refractivity contribution >= 4 is 33.7 Å². The highest BCUT2D eigenvalue weighted by Crippen LogP contribution is 2.43. The second-order valence-corrected chi connectivity index (χ2v) is 7.58. The number of hydrogen-bond donors (Lipinski definition) is 0. The van der Waals surface area contributed by atoms with Gasteiger partial charge in [-0.2, -0.15) is 0 Å². The van der Waals surface area contributed by atoms with Crippen LogP contribution in [-0.4, -0.2) is 11.5 Å². The van der Waals surface area contributed by atoms with Gasteiger partial charge in [0.1, 0.15) is 7.14 Å². The van der Waals surface area contributed by atoms with Crippen LogP contribution >= 0.6 is 23.1 Å². The number of hydrogen-bond acceptors (Lipinski definition) is 1. The Labute approximate surface area is 110 Å². The first-order chi connectivity index (χ1) is 8.27. The van der Waals surface area contributed by atoms with Gasteiger partial charge in [-0.05, 0) is 0 Å². The molecule has 0 aliphatic carbocycles. The number of benzene rings is 2. The van der Waals surface area contributed by atoms with Gasteiger partial charge in [0.25, 0.3) is 0 Å². The van der Waals surface area contributed by atoms with Crippen LogP contribution in [0.1, 0.15) is 0 Å². The van der Waals surface area contributed by atoms with E-state index in [-0.39, 0.29) is 0 Å². The summed E-state index contributed by atoms with van der Waals surface area (Å²) in [5.41, 5.74) is 0. The van der Waals surface area contributed by atoms with Crippen LogP contribution in [0.15, 0.2) is 60.7 Å². The summed E-state index contributed by atoms with van der Waals surface area (Å²) in [5, 5.41) is 2.62. The first-order valence-electron chi connectivity index (χ1n) is 5.53. The summed E-state index contributed by atoms with van der Waals surface area (Å²) < 4.78 is 13.2. The Morgan fingerprint density at radius 3 is 1.59 bits per heavy atom. The fourth-order valence-corrected chi connectivity index (χ4v) is 5.72. The zero-order chi connectivity index (χ0) is 12.1. The van der Waals surface area contributed by atoms with E-state index in [1.807, 2.05) is 60.7 Å². The van der Waals surface area contributed by atoms with E-state index in [4.69, 9.17) is 0 Å². The molecule has 2 rings (SSSR count). The van der Waals surface area contributed by atoms with E-state index in [2.05, 4.69) is 15.9 Å². The van der Waals surface area contributed by atoms with Crippen LogP contribution in [0.4, 0.5) is 0 Å². The zero-order valence-electron chi connectivity index (χ0n) is 9.42. The average Bonchev–Trinajstić information content (AvgIpc) is 2.41. The lowest BCUT2D eigenvalue weighted by Crippen LogP contribution is -2.18. The van der Waals surface area contributed by atoms with Crippen molar-refractivity contribution in [2.24, 2.45) is 0 Å². The van der Waals surface area contributed by atoms with Crippen LogP contribution in [-0.2, 0) is 4.57 Å². The van der Waals surface area contributed by atoms with Crippen molar-refractivity contribution in [2.75, 3.05) is 11.5 Å². The van der Waals surface area contributed by atoms with Crippen LogP contribution in [0.2, 0.25) is 0 Å². The van der Waals surface area contributed by atoms with Gasteiger partial charge in [-0.1, -0.05) is 76.6 Å². The third-order valence-corrected chi connectivity index (χ3v) is 6.87. The SMILES string of the molecule is O=P(CCBr)(c1ccccc1)c1ccccc1. The van der Waals surface area contributed by atoms with Gasteiger partial charge in [-0.15, -0.1) is 0 Å². The second kappa shape index (κ2) is 5.66. The van der Waals surface area contributed by atoms with Crippen molar-refractivity contribution in [3.05, 3.63) is 60.7 Å². The lowest BCUT2D eigenvalue weighted by Gasteiger charge is -2.18. The second-order valence-electron chi connectivity index (χ2n) is 3.82. The molecule has 0 atom stereocenters. The minimum Gasteiger partial charge on any atom is -0.314 e. The molecule has 88 valence electrons. The van der Waals surface area contributed by atoms with E-state index in [0.717, 1.165) is 15.9 Å². The molecule has 0 spiro atoms. The van der Waals surface area contributed by atoms with E-state index in [1.54, 1.807) is 0 Å². The Hall–Kier alpha value is -0.850. The van der Waals surface area contributed by atoms with Crippen LogP contribution in [0.3, 0.4) is 0 Å². The summed E-state index contributed by atoms with van der Waals surface area (Å²) in [5.74, 6) is 0. The summed E-state index contributed by atoms with van der Waals surface area (Å²) in [7, 11) is -2.47. The molecule has 3 heteroatoms. The molecule has 0 unspecified atom stereocenters. The summed E-state index contributed by atoms with van der Waals surface area (Å²) >= 11 is 3.41. The summed E-state index contributed by atoms with van der Waals surface area (Å²) in [6, 6.07) is 19.5. The molecular weight excluding hydrogens is 295 g/mol. The molecule has 2 aromatic rings. The molecule has 0 aliphatic rings. The molecule has 1 nitrogen and oxygen atoms in total. The molecule has 0 fully saturated rings. The van der Waals surface area contributed by atoms with Gasteiger partial charge in [0.05, 0.1) is 0 Å². The largest absolute Gasteiger partial charge is 0.314 e. The molecule has 0 heterocycles. The molecule has 0 N–H and O–H groups in total. The lowest BCUT2D eigenvalue weighted by atomic mass is 10.4. The van der Waals surface area contributed by atoms with Crippen molar-refractivity contribution in [1.29, 1.82) is 0 Å². The van der Waals surface area contributed by atoms with Gasteiger partial charge in [-0.25, -0.2) is 0 Å². The standard InChI is InChI=1S/C14H14BrOP/c15-11-12-17(16,13-7-3-1-4-8-13)14-9-5-2-6-10-14/h1-10H,11-12H2. The molecule has 17 heavy (non-hydrogen) atoms. The normalized spacial score (nSPS) is 11.4. The lowest BCUT2D eigenvalue weighted by molar-refractivity contribution is 0.588. The predicted octanol–water partition coefficient (Wildman–Crippen LogP) is 3.40. The molecule has 0 aromatic heterocycles. The zero-order valence-corrected chi connectivity index (χ0v) is 11.9. The topological polar surface area (TPSA) is 17.1 Å². The van der Waals surface area contributed by atoms with Crippen molar-refractivity contribution < 1.29 is 4.57 Å². The molecule has 0 amide bonds. The Balaban J connectivity index is 2.51. The number of rotatable bonds is 4. The predicted molar refractivity (Wildman–Crippen MR) is 78.4 cm³/mol. The fraction of sp³-hybridized carbons (Fsp3) is 0.143. The maximum atomic E-state index is 13.2. The van der Waals surface area contributed by atoms with Crippen LogP contribution in [0.25, 0.3) is 0 Å². The summed E-state index contributed by atoms with van der Waals surface area (Å²) in [4.78, 5) is 0. The van der Waals surface area contributed by atoms with Crippen molar-refractivity contribution in [2.45, 2.75) is 0 Å². The minimum atomic E-state index is -2.47. The highest BCUT2D eigenvalue weighted by Gasteiger charge is 2.25. The van der Waals surface area contributed by atoms with E-state index in [0.29, 0.717) is 6.16 Å². The monoisotopic (exact) mass is 308 g/mol. The van der Waals surface area contributed by atoms with Gasteiger partial charge >= 0.3 is 0 Å². The molecule has 0 radical (unpaired) electrons. The molecule has 0 aliphatic heterocycles. The van der Waals surface area contributed by atoms with Crippen molar-refractivity contribution in [3.8, 4) is 0 Å². The van der Waals surface area contributed by atoms with Crippen LogP contribution < -0.4 is 10.6 Å². The Morgan fingerprint density at radius 1 is 0.824 bits per heavy atom. The van der Waals surface area contributed by atoms with Gasteiger partial charge in [-0.3, -0.25) is 0 Å². The van der Waals surface area contributed by atoms with E-state index < -0.39 is 7.14 Å². The summed E-state index contributed by atoms with van der Waals surface area (Å²) in [6.07, 6.45) is 0.654. The van der Waals surface area contributed by atoms with Gasteiger partial charge in [0.2, 0.25) is 0 Å². The molecule has 0 saturated heterocycles. The highest BCUT2D eigenvalue weighted by molar-refractivity contribution is 9.09. The van der Waals surface area contributed by atoms with Gasteiger partial charge in [0.15, 0.2) is 0 Å². The van der Waals surface area contributed by atoms with Crippen LogP contribution in [0.5, 0.6) is 0 Å². The summed E-state index contributed by atoms with van der Waals surface area (Å²) in [6.45, 7) is 0. The third-order valence-electron chi connectivity index (χ3n) is 2.75. The maximum Gasteiger partial charge on any atom is 0.144 e. The molecule has 0 saturated carbocycles. The van der Waals surface area contributed by atoms with Gasteiger partial charge in [0, 0.05) is 22.1 Å². The Kier molecular flexibility index (Phi) is 4.20. The fourth-order valence-electron chi connectivity index (χ4n) is 1.86.